The topological polar surface area (TPSA) is 93.9 Å². The number of aliphatic imine (C=N–C) groups is 2. The lowest BCUT2D eigenvalue weighted by atomic mass is 9.98. The van der Waals surface area contributed by atoms with Crippen LogP contribution in [0.15, 0.2) is 204 Å². The Morgan fingerprint density at radius 2 is 0.862 bits per heavy atom. The lowest BCUT2D eigenvalue weighted by Crippen LogP contribution is -2.33. The number of ether oxygens (including phenoxy) is 2. The molecule has 1 aliphatic rings. The zero-order chi connectivity index (χ0) is 43.7. The van der Waals surface area contributed by atoms with E-state index in [4.69, 9.17) is 34.4 Å². The van der Waals surface area contributed by atoms with Crippen molar-refractivity contribution in [2.24, 2.45) is 9.98 Å². The summed E-state index contributed by atoms with van der Waals surface area (Å²) in [5.74, 6) is 4.84. The predicted octanol–water partition coefficient (Wildman–Crippen LogP) is 13.1. The average molecular weight is 861 g/mol. The van der Waals surface area contributed by atoms with Crippen LogP contribution >= 0.6 is 11.3 Å². The van der Waals surface area contributed by atoms with Gasteiger partial charge in [0.25, 0.3) is 0 Å². The van der Waals surface area contributed by atoms with E-state index in [0.717, 1.165) is 73.0 Å². The molecule has 8 aromatic carbocycles. The molecular weight excluding hydrogens is 821 g/mol. The van der Waals surface area contributed by atoms with E-state index in [1.54, 1.807) is 14.2 Å². The van der Waals surface area contributed by atoms with Gasteiger partial charge in [-0.1, -0.05) is 121 Å². The van der Waals surface area contributed by atoms with Crippen LogP contribution in [0, 0.1) is 0 Å². The van der Waals surface area contributed by atoms with Crippen LogP contribution in [0.1, 0.15) is 22.9 Å². The van der Waals surface area contributed by atoms with Crippen molar-refractivity contribution < 1.29 is 9.47 Å². The van der Waals surface area contributed by atoms with Gasteiger partial charge in [-0.3, -0.25) is 0 Å². The molecule has 65 heavy (non-hydrogen) atoms. The molecule has 10 aromatic rings. The van der Waals surface area contributed by atoms with Gasteiger partial charge in [0.05, 0.1) is 14.2 Å². The number of thiophene rings is 1. The molecule has 0 saturated carbocycles. The number of nitrogens with one attached hydrogen (secondary N) is 1. The highest BCUT2D eigenvalue weighted by atomic mass is 32.1. The molecule has 1 N–H and O–H groups in total. The van der Waals surface area contributed by atoms with Gasteiger partial charge in [-0.2, -0.15) is 0 Å². The van der Waals surface area contributed by atoms with Gasteiger partial charge < -0.3 is 14.8 Å². The van der Waals surface area contributed by atoms with Gasteiger partial charge in [-0.05, 0) is 101 Å². The van der Waals surface area contributed by atoms with Crippen molar-refractivity contribution in [2.45, 2.75) is 6.17 Å². The van der Waals surface area contributed by atoms with E-state index in [2.05, 4.69) is 102 Å². The average Bonchev–Trinajstić information content (AvgIpc) is 3.76. The van der Waals surface area contributed by atoms with Crippen molar-refractivity contribution in [3.8, 4) is 67.9 Å². The monoisotopic (exact) mass is 860 g/mol. The van der Waals surface area contributed by atoms with Crippen LogP contribution in [0.2, 0.25) is 0 Å². The van der Waals surface area contributed by atoms with E-state index in [1.807, 2.05) is 108 Å². The third-order valence-corrected chi connectivity index (χ3v) is 12.8. The normalized spacial score (nSPS) is 13.5. The maximum Gasteiger partial charge on any atom is 0.164 e. The van der Waals surface area contributed by atoms with Crippen LogP contribution in [0.5, 0.6) is 11.5 Å². The smallest absolute Gasteiger partial charge is 0.164 e. The predicted molar refractivity (Wildman–Crippen MR) is 265 cm³/mol. The summed E-state index contributed by atoms with van der Waals surface area (Å²) in [6, 6.07) is 66.5. The van der Waals surface area contributed by atoms with Gasteiger partial charge in [0.15, 0.2) is 23.3 Å². The number of benzene rings is 8. The minimum Gasteiger partial charge on any atom is -0.497 e. The number of nitrogens with zero attached hydrogens (tertiary/aromatic N) is 5. The number of rotatable bonds is 10. The number of amidine groups is 2. The fourth-order valence-electron chi connectivity index (χ4n) is 8.18. The van der Waals surface area contributed by atoms with Crippen molar-refractivity contribution in [3.63, 3.8) is 0 Å². The van der Waals surface area contributed by atoms with Crippen LogP contribution in [-0.4, -0.2) is 40.8 Å². The van der Waals surface area contributed by atoms with E-state index in [9.17, 15) is 0 Å². The molecule has 312 valence electrons. The molecule has 0 bridgehead atoms. The molecule has 1 unspecified atom stereocenters. The molecule has 0 saturated heterocycles. The minimum atomic E-state index is -0.323. The largest absolute Gasteiger partial charge is 0.497 e. The molecule has 0 radical (unpaired) electrons. The second kappa shape index (κ2) is 17.1. The quantitative estimate of drug-likeness (QED) is 0.147. The standard InChI is InChI=1S/C56H40N6O2S/c1-63-45-25-19-37(20-26-45)53-57-51(35-11-5-3-6-12-35)59-55(61-53)43-17-9-15-39(31-43)41-23-29-49-47(33-41)48-34-42(24-30-50(48)65-49)40-16-10-18-44(32-40)56-60-52(36-13-7-4-8-14-36)58-54(62-56)38-21-27-46(64-2)28-22-38/h3-34,53H,1-2H3,(H,57,59,61). The molecule has 8 nitrogen and oxygen atoms in total. The molecule has 0 aliphatic carbocycles. The Bertz CT molecular complexity index is 3420. The van der Waals surface area contributed by atoms with E-state index in [1.165, 1.54) is 20.2 Å². The summed E-state index contributed by atoms with van der Waals surface area (Å²) in [5.41, 5.74) is 10.1. The third-order valence-electron chi connectivity index (χ3n) is 11.6. The van der Waals surface area contributed by atoms with Crippen LogP contribution in [0.3, 0.4) is 0 Å². The molecule has 1 atom stereocenters. The van der Waals surface area contributed by atoms with Gasteiger partial charge >= 0.3 is 0 Å². The summed E-state index contributed by atoms with van der Waals surface area (Å²) in [7, 11) is 3.34. The second-order valence-corrected chi connectivity index (χ2v) is 16.8. The first-order valence-corrected chi connectivity index (χ1v) is 22.1. The SMILES string of the molecule is COc1ccc(-c2nc(-c3ccccc3)nc(-c3cccc(-c4ccc5sc6ccc(-c7cccc(C8=NC(c9ccc(OC)cc9)NC(c9ccccc9)=N8)c7)cc6c5c4)c3)n2)cc1. The summed E-state index contributed by atoms with van der Waals surface area (Å²) in [4.78, 5) is 25.1. The zero-order valence-corrected chi connectivity index (χ0v) is 36.3. The third kappa shape index (κ3) is 8.01. The molecule has 3 heterocycles. The van der Waals surface area contributed by atoms with E-state index in [-0.39, 0.29) is 6.17 Å². The Kier molecular flexibility index (Phi) is 10.4. The van der Waals surface area contributed by atoms with E-state index < -0.39 is 0 Å². The molecule has 0 fully saturated rings. The number of aromatic nitrogens is 3. The number of hydrogen-bond acceptors (Lipinski definition) is 9. The first-order chi connectivity index (χ1) is 32.0. The van der Waals surface area contributed by atoms with Gasteiger partial charge in [0.1, 0.15) is 23.5 Å². The lowest BCUT2D eigenvalue weighted by Gasteiger charge is -2.24. The Morgan fingerprint density at radius 3 is 1.45 bits per heavy atom. The maximum atomic E-state index is 5.43. The number of methoxy groups -OCH3 is 2. The van der Waals surface area contributed by atoms with Gasteiger partial charge in [0, 0.05) is 48.0 Å². The Labute approximate surface area is 380 Å². The number of hydrogen-bond donors (Lipinski definition) is 1. The highest BCUT2D eigenvalue weighted by Crippen LogP contribution is 2.39. The summed E-state index contributed by atoms with van der Waals surface area (Å²) in [6.07, 6.45) is -0.323. The van der Waals surface area contributed by atoms with Crippen molar-refractivity contribution in [1.29, 1.82) is 0 Å². The van der Waals surface area contributed by atoms with Crippen molar-refractivity contribution >= 4 is 43.2 Å². The molecule has 0 spiro atoms. The Hall–Kier alpha value is -8.27. The van der Waals surface area contributed by atoms with Gasteiger partial charge in [0.2, 0.25) is 0 Å². The highest BCUT2D eigenvalue weighted by molar-refractivity contribution is 7.25. The zero-order valence-electron chi connectivity index (χ0n) is 35.5. The first kappa shape index (κ1) is 39.6. The fourth-order valence-corrected chi connectivity index (χ4v) is 9.25. The van der Waals surface area contributed by atoms with Crippen molar-refractivity contribution in [1.82, 2.24) is 20.3 Å². The van der Waals surface area contributed by atoms with Crippen LogP contribution < -0.4 is 14.8 Å². The first-order valence-electron chi connectivity index (χ1n) is 21.3. The summed E-state index contributed by atoms with van der Waals surface area (Å²) < 4.78 is 13.3. The van der Waals surface area contributed by atoms with Crippen LogP contribution in [0.25, 0.3) is 76.6 Å². The van der Waals surface area contributed by atoms with Gasteiger partial charge in [-0.15, -0.1) is 11.3 Å². The molecular formula is C56H40N6O2S. The number of fused-ring (bicyclic) bond motifs is 3. The van der Waals surface area contributed by atoms with Crippen molar-refractivity contribution in [3.05, 3.63) is 211 Å². The van der Waals surface area contributed by atoms with Crippen molar-refractivity contribution in [2.75, 3.05) is 14.2 Å². The second-order valence-electron chi connectivity index (χ2n) is 15.7. The minimum absolute atomic E-state index is 0.323. The van der Waals surface area contributed by atoms with Gasteiger partial charge in [-0.25, -0.2) is 24.9 Å². The molecule has 0 amide bonds. The summed E-state index contributed by atoms with van der Waals surface area (Å²) >= 11 is 1.81. The van der Waals surface area contributed by atoms with E-state index in [0.29, 0.717) is 23.3 Å². The molecule has 2 aromatic heterocycles. The van der Waals surface area contributed by atoms with Crippen LogP contribution in [-0.2, 0) is 0 Å². The summed E-state index contributed by atoms with van der Waals surface area (Å²) in [5, 5.41) is 5.98. The summed E-state index contributed by atoms with van der Waals surface area (Å²) in [6.45, 7) is 0. The molecule has 9 heteroatoms. The Morgan fingerprint density at radius 1 is 0.415 bits per heavy atom. The molecule has 11 rings (SSSR count). The Balaban J connectivity index is 0.942. The molecule has 1 aliphatic heterocycles. The van der Waals surface area contributed by atoms with E-state index >= 15 is 0 Å². The van der Waals surface area contributed by atoms with Crippen LogP contribution in [0.4, 0.5) is 0 Å². The fraction of sp³-hybridized carbons (Fsp3) is 0.0536. The highest BCUT2D eigenvalue weighted by Gasteiger charge is 2.22. The lowest BCUT2D eigenvalue weighted by molar-refractivity contribution is 0.414. The maximum absolute atomic E-state index is 5.43.